The summed E-state index contributed by atoms with van der Waals surface area (Å²) in [5.41, 5.74) is 0. The maximum absolute atomic E-state index is 12.3. The van der Waals surface area contributed by atoms with Crippen molar-refractivity contribution in [1.29, 1.82) is 0 Å². The molecule has 100 valence electrons. The number of hydrogen-bond acceptors (Lipinski definition) is 5. The molecule has 5 nitrogen and oxygen atoms in total. The van der Waals surface area contributed by atoms with E-state index in [2.05, 4.69) is 14.7 Å². The SMILES string of the molecule is O=C(O)C1CCC(Nc2nc(C(F)(F)F)ns2)C1. The van der Waals surface area contributed by atoms with Crippen molar-refractivity contribution in [2.45, 2.75) is 31.5 Å². The molecule has 1 aliphatic carbocycles. The Balaban J connectivity index is 1.95. The molecule has 18 heavy (non-hydrogen) atoms. The highest BCUT2D eigenvalue weighted by atomic mass is 32.1. The Morgan fingerprint density at radius 3 is 2.67 bits per heavy atom. The first kappa shape index (κ1) is 13.1. The number of rotatable bonds is 3. The number of nitrogens with one attached hydrogen (secondary N) is 1. The molecule has 1 aliphatic rings. The van der Waals surface area contributed by atoms with Gasteiger partial charge in [0, 0.05) is 17.6 Å². The standard InChI is InChI=1S/C9H10F3N3O2S/c10-9(11,12)7-14-8(18-15-7)13-5-2-1-4(3-5)6(16)17/h4-5H,1-3H2,(H,16,17)(H,13,14,15). The minimum absolute atomic E-state index is 0.0818. The smallest absolute Gasteiger partial charge is 0.452 e. The second kappa shape index (κ2) is 4.71. The van der Waals surface area contributed by atoms with Crippen LogP contribution in [0.25, 0.3) is 0 Å². The van der Waals surface area contributed by atoms with E-state index in [1.54, 1.807) is 0 Å². The average molecular weight is 281 g/mol. The van der Waals surface area contributed by atoms with E-state index >= 15 is 0 Å². The zero-order chi connectivity index (χ0) is 13.3. The van der Waals surface area contributed by atoms with Crippen LogP contribution in [0.1, 0.15) is 25.1 Å². The van der Waals surface area contributed by atoms with Crippen molar-refractivity contribution < 1.29 is 23.1 Å². The topological polar surface area (TPSA) is 75.1 Å². The van der Waals surface area contributed by atoms with Crippen molar-refractivity contribution in [2.75, 3.05) is 5.32 Å². The predicted octanol–water partition coefficient (Wildman–Crippen LogP) is 2.22. The first-order valence-electron chi connectivity index (χ1n) is 5.26. The maximum atomic E-state index is 12.3. The quantitative estimate of drug-likeness (QED) is 0.888. The van der Waals surface area contributed by atoms with E-state index in [1.807, 2.05) is 0 Å². The maximum Gasteiger partial charge on any atom is 0.452 e. The van der Waals surface area contributed by atoms with Gasteiger partial charge in [0.05, 0.1) is 5.92 Å². The first-order valence-corrected chi connectivity index (χ1v) is 6.04. The monoisotopic (exact) mass is 281 g/mol. The molecule has 1 saturated carbocycles. The number of nitrogens with zero attached hydrogens (tertiary/aromatic N) is 2. The summed E-state index contributed by atoms with van der Waals surface area (Å²) in [6, 6.07) is -0.153. The van der Waals surface area contributed by atoms with Crippen molar-refractivity contribution in [3.63, 3.8) is 0 Å². The molecule has 1 aromatic heterocycles. The molecule has 0 saturated heterocycles. The van der Waals surface area contributed by atoms with Crippen LogP contribution in [0.5, 0.6) is 0 Å². The molecule has 2 atom stereocenters. The fourth-order valence-electron chi connectivity index (χ4n) is 1.91. The lowest BCUT2D eigenvalue weighted by Gasteiger charge is -2.10. The van der Waals surface area contributed by atoms with Gasteiger partial charge in [0.2, 0.25) is 11.0 Å². The third-order valence-electron chi connectivity index (χ3n) is 2.79. The molecule has 0 radical (unpaired) electrons. The lowest BCUT2D eigenvalue weighted by Crippen LogP contribution is -2.18. The van der Waals surface area contributed by atoms with Gasteiger partial charge in [0.15, 0.2) is 0 Å². The third kappa shape index (κ3) is 2.89. The van der Waals surface area contributed by atoms with E-state index in [-0.39, 0.29) is 11.2 Å². The summed E-state index contributed by atoms with van der Waals surface area (Å²) in [7, 11) is 0. The zero-order valence-corrected chi connectivity index (χ0v) is 9.88. The van der Waals surface area contributed by atoms with Gasteiger partial charge in [-0.15, -0.1) is 0 Å². The molecule has 2 unspecified atom stereocenters. The van der Waals surface area contributed by atoms with Gasteiger partial charge in [-0.05, 0) is 19.3 Å². The number of aromatic nitrogens is 2. The van der Waals surface area contributed by atoms with E-state index < -0.39 is 23.9 Å². The van der Waals surface area contributed by atoms with Crippen LogP contribution in [0, 0.1) is 5.92 Å². The van der Waals surface area contributed by atoms with E-state index in [9.17, 15) is 18.0 Å². The molecule has 2 N–H and O–H groups in total. The summed E-state index contributed by atoms with van der Waals surface area (Å²) >= 11 is 0.633. The van der Waals surface area contributed by atoms with Crippen molar-refractivity contribution in [3.8, 4) is 0 Å². The molecular formula is C9H10F3N3O2S. The zero-order valence-electron chi connectivity index (χ0n) is 9.07. The van der Waals surface area contributed by atoms with Crippen molar-refractivity contribution >= 4 is 22.6 Å². The Kier molecular flexibility index (Phi) is 3.42. The number of alkyl halides is 3. The molecule has 1 heterocycles. The average Bonchev–Trinajstić information content (AvgIpc) is 2.85. The van der Waals surface area contributed by atoms with Crippen LogP contribution < -0.4 is 5.32 Å². The normalized spacial score (nSPS) is 24.2. The molecule has 0 aromatic carbocycles. The largest absolute Gasteiger partial charge is 0.481 e. The molecular weight excluding hydrogens is 271 g/mol. The Hall–Kier alpha value is -1.38. The Morgan fingerprint density at radius 2 is 2.17 bits per heavy atom. The predicted molar refractivity (Wildman–Crippen MR) is 57.3 cm³/mol. The van der Waals surface area contributed by atoms with E-state index in [4.69, 9.17) is 5.11 Å². The highest BCUT2D eigenvalue weighted by Gasteiger charge is 2.36. The fourth-order valence-corrected chi connectivity index (χ4v) is 2.57. The summed E-state index contributed by atoms with van der Waals surface area (Å²) in [5.74, 6) is -2.46. The Labute approximate surface area is 104 Å². The van der Waals surface area contributed by atoms with Gasteiger partial charge in [0.25, 0.3) is 0 Å². The summed E-state index contributed by atoms with van der Waals surface area (Å²) < 4.78 is 40.0. The number of carbonyl (C=O) groups is 1. The highest BCUT2D eigenvalue weighted by Crippen LogP contribution is 2.31. The summed E-state index contributed by atoms with van der Waals surface area (Å²) in [6.45, 7) is 0. The van der Waals surface area contributed by atoms with Gasteiger partial charge in [-0.3, -0.25) is 4.79 Å². The van der Waals surface area contributed by atoms with Crippen LogP contribution in [-0.2, 0) is 11.0 Å². The second-order valence-corrected chi connectivity index (χ2v) is 4.86. The summed E-state index contributed by atoms with van der Waals surface area (Å²) in [4.78, 5) is 14.1. The molecule has 1 fully saturated rings. The molecule has 0 amide bonds. The number of aliphatic carboxylic acids is 1. The Bertz CT molecular complexity index is 449. The van der Waals surface area contributed by atoms with Gasteiger partial charge in [0.1, 0.15) is 0 Å². The van der Waals surface area contributed by atoms with Gasteiger partial charge in [-0.2, -0.15) is 22.5 Å². The van der Waals surface area contributed by atoms with Crippen LogP contribution in [0.4, 0.5) is 18.3 Å². The van der Waals surface area contributed by atoms with Crippen LogP contribution >= 0.6 is 11.5 Å². The number of carboxylic acids is 1. The van der Waals surface area contributed by atoms with E-state index in [1.165, 1.54) is 0 Å². The Morgan fingerprint density at radius 1 is 1.44 bits per heavy atom. The molecule has 2 rings (SSSR count). The van der Waals surface area contributed by atoms with Gasteiger partial charge in [-0.1, -0.05) is 0 Å². The second-order valence-electron chi connectivity index (χ2n) is 4.11. The van der Waals surface area contributed by atoms with Crippen LogP contribution in [-0.4, -0.2) is 26.5 Å². The number of halogens is 3. The van der Waals surface area contributed by atoms with E-state index in [0.29, 0.717) is 30.8 Å². The summed E-state index contributed by atoms with van der Waals surface area (Å²) in [6.07, 6.45) is -3.01. The molecule has 0 bridgehead atoms. The van der Waals surface area contributed by atoms with Crippen molar-refractivity contribution in [2.24, 2.45) is 5.92 Å². The van der Waals surface area contributed by atoms with Crippen LogP contribution in [0.2, 0.25) is 0 Å². The van der Waals surface area contributed by atoms with Gasteiger partial charge < -0.3 is 10.4 Å². The number of hydrogen-bond donors (Lipinski definition) is 2. The lowest BCUT2D eigenvalue weighted by atomic mass is 10.1. The fraction of sp³-hybridized carbons (Fsp3) is 0.667. The number of anilines is 1. The van der Waals surface area contributed by atoms with E-state index in [0.717, 1.165) is 0 Å². The van der Waals surface area contributed by atoms with Gasteiger partial charge in [-0.25, -0.2) is 0 Å². The third-order valence-corrected chi connectivity index (χ3v) is 3.44. The summed E-state index contributed by atoms with van der Waals surface area (Å²) in [5, 5.41) is 11.7. The molecule has 0 aliphatic heterocycles. The minimum atomic E-state index is -4.55. The molecule has 9 heteroatoms. The van der Waals surface area contributed by atoms with Crippen LogP contribution in [0.15, 0.2) is 0 Å². The number of carboxylic acid groups (broad SMARTS) is 1. The van der Waals surface area contributed by atoms with Crippen LogP contribution in [0.3, 0.4) is 0 Å². The first-order chi connectivity index (χ1) is 8.36. The molecule has 1 aromatic rings. The van der Waals surface area contributed by atoms with Crippen molar-refractivity contribution in [1.82, 2.24) is 9.36 Å². The molecule has 0 spiro atoms. The van der Waals surface area contributed by atoms with Gasteiger partial charge >= 0.3 is 12.1 Å². The minimum Gasteiger partial charge on any atom is -0.481 e. The lowest BCUT2D eigenvalue weighted by molar-refractivity contribution is -0.144. The highest BCUT2D eigenvalue weighted by molar-refractivity contribution is 7.09. The van der Waals surface area contributed by atoms with Crippen molar-refractivity contribution in [3.05, 3.63) is 5.82 Å².